The third-order valence-electron chi connectivity index (χ3n) is 4.44. The van der Waals surface area contributed by atoms with Crippen LogP contribution in [-0.4, -0.2) is 62.6 Å². The summed E-state index contributed by atoms with van der Waals surface area (Å²) in [6.07, 6.45) is 2.19. The van der Waals surface area contributed by atoms with Crippen LogP contribution < -0.4 is 10.1 Å². The molecule has 1 saturated heterocycles. The van der Waals surface area contributed by atoms with Gasteiger partial charge in [-0.3, -0.25) is 4.79 Å². The minimum atomic E-state index is -0.0550. The molecule has 0 aliphatic carbocycles. The molecule has 0 radical (unpaired) electrons. The molecule has 1 N–H and O–H groups in total. The number of piperidine rings is 1. The molecule has 6 nitrogen and oxygen atoms in total. The average Bonchev–Trinajstić information content (AvgIpc) is 2.61. The summed E-state index contributed by atoms with van der Waals surface area (Å²) in [7, 11) is 5.20. The molecule has 1 heterocycles. The zero-order valence-corrected chi connectivity index (χ0v) is 14.7. The summed E-state index contributed by atoms with van der Waals surface area (Å²) >= 11 is 0. The van der Waals surface area contributed by atoms with Crippen molar-refractivity contribution < 1.29 is 14.3 Å². The molecule has 0 aromatic heterocycles. The number of rotatable bonds is 5. The standard InChI is InChI=1S/C18H27N3O3/c1-20(2)17(22)15-9-12-21(13-10-15)18(23)19-11-8-14-6-4-5-7-16(14)24-3/h4-7,15H,8-13H2,1-3H3,(H,19,23). The van der Waals surface area contributed by atoms with Crippen molar-refractivity contribution >= 4 is 11.9 Å². The van der Waals surface area contributed by atoms with Gasteiger partial charge in [0.25, 0.3) is 0 Å². The molecule has 0 bridgehead atoms. The van der Waals surface area contributed by atoms with Crippen LogP contribution in [0.25, 0.3) is 0 Å². The lowest BCUT2D eigenvalue weighted by Gasteiger charge is -2.32. The maximum atomic E-state index is 12.2. The van der Waals surface area contributed by atoms with Crippen LogP contribution in [0.1, 0.15) is 18.4 Å². The summed E-state index contributed by atoms with van der Waals surface area (Å²) in [4.78, 5) is 27.6. The fourth-order valence-corrected chi connectivity index (χ4v) is 3.02. The lowest BCUT2D eigenvalue weighted by atomic mass is 9.96. The van der Waals surface area contributed by atoms with Crippen LogP contribution in [0.4, 0.5) is 4.79 Å². The second kappa shape index (κ2) is 8.57. The number of carbonyl (C=O) groups excluding carboxylic acids is 2. The second-order valence-corrected chi connectivity index (χ2v) is 6.29. The summed E-state index contributed by atoms with van der Waals surface area (Å²) in [5.74, 6) is 1.04. The first-order valence-electron chi connectivity index (χ1n) is 8.38. The number of methoxy groups -OCH3 is 1. The maximum absolute atomic E-state index is 12.2. The molecule has 1 aliphatic rings. The van der Waals surface area contributed by atoms with Crippen LogP contribution in [0.3, 0.4) is 0 Å². The van der Waals surface area contributed by atoms with E-state index in [0.717, 1.165) is 30.6 Å². The summed E-state index contributed by atoms with van der Waals surface area (Å²) in [5, 5.41) is 2.96. The van der Waals surface area contributed by atoms with Gasteiger partial charge in [0.2, 0.25) is 5.91 Å². The molecule has 0 spiro atoms. The van der Waals surface area contributed by atoms with Gasteiger partial charge in [-0.15, -0.1) is 0 Å². The van der Waals surface area contributed by atoms with Crippen molar-refractivity contribution in [2.24, 2.45) is 5.92 Å². The molecule has 0 atom stereocenters. The van der Waals surface area contributed by atoms with E-state index in [0.29, 0.717) is 19.6 Å². The highest BCUT2D eigenvalue weighted by Crippen LogP contribution is 2.19. The van der Waals surface area contributed by atoms with Gasteiger partial charge >= 0.3 is 6.03 Å². The summed E-state index contributed by atoms with van der Waals surface area (Å²) in [5.41, 5.74) is 1.08. The molecule has 3 amide bonds. The van der Waals surface area contributed by atoms with Crippen LogP contribution in [0.15, 0.2) is 24.3 Å². The van der Waals surface area contributed by atoms with Gasteiger partial charge in [0.15, 0.2) is 0 Å². The van der Waals surface area contributed by atoms with Gasteiger partial charge < -0.3 is 19.9 Å². The monoisotopic (exact) mass is 333 g/mol. The first-order valence-corrected chi connectivity index (χ1v) is 8.38. The highest BCUT2D eigenvalue weighted by Gasteiger charge is 2.27. The number of nitrogens with zero attached hydrogens (tertiary/aromatic N) is 2. The molecule has 0 saturated carbocycles. The van der Waals surface area contributed by atoms with E-state index in [2.05, 4.69) is 5.32 Å². The highest BCUT2D eigenvalue weighted by molar-refractivity contribution is 5.79. The van der Waals surface area contributed by atoms with E-state index in [1.807, 2.05) is 24.3 Å². The number of ether oxygens (including phenoxy) is 1. The summed E-state index contributed by atoms with van der Waals surface area (Å²) < 4.78 is 5.31. The molecule has 1 aromatic carbocycles. The van der Waals surface area contributed by atoms with E-state index in [9.17, 15) is 9.59 Å². The lowest BCUT2D eigenvalue weighted by molar-refractivity contribution is -0.134. The lowest BCUT2D eigenvalue weighted by Crippen LogP contribution is -2.47. The SMILES string of the molecule is COc1ccccc1CCNC(=O)N1CCC(C(=O)N(C)C)CC1. The van der Waals surface area contributed by atoms with Gasteiger partial charge in [0.1, 0.15) is 5.75 Å². The van der Waals surface area contributed by atoms with Gasteiger partial charge in [0.05, 0.1) is 7.11 Å². The fourth-order valence-electron chi connectivity index (χ4n) is 3.02. The minimum Gasteiger partial charge on any atom is -0.496 e. The Labute approximate surface area is 143 Å². The van der Waals surface area contributed by atoms with Crippen LogP contribution >= 0.6 is 0 Å². The number of hydrogen-bond acceptors (Lipinski definition) is 3. The molecule has 132 valence electrons. The number of urea groups is 1. The van der Waals surface area contributed by atoms with Crippen LogP contribution in [-0.2, 0) is 11.2 Å². The zero-order chi connectivity index (χ0) is 17.5. The Morgan fingerprint density at radius 1 is 1.25 bits per heavy atom. The van der Waals surface area contributed by atoms with E-state index in [1.165, 1.54) is 0 Å². The zero-order valence-electron chi connectivity index (χ0n) is 14.7. The fraction of sp³-hybridized carbons (Fsp3) is 0.556. The normalized spacial score (nSPS) is 15.0. The Morgan fingerprint density at radius 2 is 1.92 bits per heavy atom. The number of carbonyl (C=O) groups is 2. The number of hydrogen-bond donors (Lipinski definition) is 1. The molecule has 1 aromatic rings. The van der Waals surface area contributed by atoms with Crippen molar-refractivity contribution in [3.63, 3.8) is 0 Å². The topological polar surface area (TPSA) is 61.9 Å². The average molecular weight is 333 g/mol. The quantitative estimate of drug-likeness (QED) is 0.893. The van der Waals surface area contributed by atoms with Gasteiger partial charge in [0, 0.05) is 39.6 Å². The molecule has 1 aliphatic heterocycles. The first-order chi connectivity index (χ1) is 11.5. The van der Waals surface area contributed by atoms with Crippen molar-refractivity contribution in [3.8, 4) is 5.75 Å². The predicted octanol–water partition coefficient (Wildman–Crippen LogP) is 1.75. The van der Waals surface area contributed by atoms with Gasteiger partial charge in [-0.2, -0.15) is 0 Å². The summed E-state index contributed by atoms with van der Waals surface area (Å²) in [6.45, 7) is 1.82. The molecule has 2 rings (SSSR count). The molecule has 1 fully saturated rings. The van der Waals surface area contributed by atoms with Gasteiger partial charge in [-0.1, -0.05) is 18.2 Å². The van der Waals surface area contributed by atoms with Crippen LogP contribution in [0, 0.1) is 5.92 Å². The number of para-hydroxylation sites is 1. The van der Waals surface area contributed by atoms with Crippen molar-refractivity contribution in [1.29, 1.82) is 0 Å². The highest BCUT2D eigenvalue weighted by atomic mass is 16.5. The maximum Gasteiger partial charge on any atom is 0.317 e. The molecular formula is C18H27N3O3. The van der Waals surface area contributed by atoms with Crippen molar-refractivity contribution in [2.45, 2.75) is 19.3 Å². The van der Waals surface area contributed by atoms with E-state index < -0.39 is 0 Å². The van der Waals surface area contributed by atoms with E-state index >= 15 is 0 Å². The molecular weight excluding hydrogens is 306 g/mol. The van der Waals surface area contributed by atoms with Crippen LogP contribution in [0.5, 0.6) is 5.75 Å². The van der Waals surface area contributed by atoms with E-state index in [-0.39, 0.29) is 17.9 Å². The Morgan fingerprint density at radius 3 is 2.54 bits per heavy atom. The minimum absolute atomic E-state index is 0.0395. The number of nitrogens with one attached hydrogen (secondary N) is 1. The predicted molar refractivity (Wildman–Crippen MR) is 93.1 cm³/mol. The number of benzene rings is 1. The Hall–Kier alpha value is -2.24. The van der Waals surface area contributed by atoms with Crippen molar-refractivity contribution in [2.75, 3.05) is 40.8 Å². The number of likely N-dealkylation sites (tertiary alicyclic amines) is 1. The van der Waals surface area contributed by atoms with E-state index in [1.54, 1.807) is 31.0 Å². The Bertz CT molecular complexity index is 566. The van der Waals surface area contributed by atoms with Crippen molar-refractivity contribution in [3.05, 3.63) is 29.8 Å². The third kappa shape index (κ3) is 4.63. The second-order valence-electron chi connectivity index (χ2n) is 6.29. The molecule has 0 unspecified atom stereocenters. The number of amides is 3. The Balaban J connectivity index is 1.75. The van der Waals surface area contributed by atoms with Crippen molar-refractivity contribution in [1.82, 2.24) is 15.1 Å². The molecule has 6 heteroatoms. The Kier molecular flexibility index (Phi) is 6.46. The van der Waals surface area contributed by atoms with Gasteiger partial charge in [-0.25, -0.2) is 4.79 Å². The third-order valence-corrected chi connectivity index (χ3v) is 4.44. The van der Waals surface area contributed by atoms with E-state index in [4.69, 9.17) is 4.74 Å². The smallest absolute Gasteiger partial charge is 0.317 e. The first kappa shape index (κ1) is 18.1. The van der Waals surface area contributed by atoms with Crippen LogP contribution in [0.2, 0.25) is 0 Å². The largest absolute Gasteiger partial charge is 0.496 e. The van der Waals surface area contributed by atoms with Gasteiger partial charge in [-0.05, 0) is 30.9 Å². The summed E-state index contributed by atoms with van der Waals surface area (Å²) in [6, 6.07) is 7.76. The molecule has 24 heavy (non-hydrogen) atoms.